The second-order valence-corrected chi connectivity index (χ2v) is 3.78. The predicted octanol–water partition coefficient (Wildman–Crippen LogP) is 1.78. The van der Waals surface area contributed by atoms with Crippen molar-refractivity contribution in [2.45, 2.75) is 12.5 Å². The van der Waals surface area contributed by atoms with Crippen LogP contribution >= 0.6 is 11.6 Å². The summed E-state index contributed by atoms with van der Waals surface area (Å²) in [5, 5.41) is 11.5. The van der Waals surface area contributed by atoms with Crippen LogP contribution in [0.15, 0.2) is 24.3 Å². The van der Waals surface area contributed by atoms with Gasteiger partial charge in [-0.2, -0.15) is 0 Å². The number of amides is 1. The third-order valence-corrected chi connectivity index (χ3v) is 2.50. The molecule has 0 unspecified atom stereocenters. The highest BCUT2D eigenvalue weighted by atomic mass is 35.5. The monoisotopic (exact) mass is 243 g/mol. The van der Waals surface area contributed by atoms with Crippen LogP contribution in [-0.2, 0) is 9.63 Å². The van der Waals surface area contributed by atoms with Crippen molar-refractivity contribution in [2.24, 2.45) is 0 Å². The van der Waals surface area contributed by atoms with Gasteiger partial charge in [-0.25, -0.2) is 5.06 Å². The topological polar surface area (TPSA) is 49.8 Å². The molecule has 0 aliphatic rings. The SMILES string of the molecule is CON(C)C(=O)C[C@H](O)c1ccc(Cl)cc1. The number of carbonyl (C=O) groups is 1. The van der Waals surface area contributed by atoms with E-state index in [1.165, 1.54) is 14.2 Å². The van der Waals surface area contributed by atoms with Crippen LogP contribution in [0.25, 0.3) is 0 Å². The zero-order valence-corrected chi connectivity index (χ0v) is 9.94. The Hall–Kier alpha value is -1.10. The molecular weight excluding hydrogens is 230 g/mol. The van der Waals surface area contributed by atoms with Gasteiger partial charge in [0.2, 0.25) is 5.91 Å². The molecule has 0 saturated carbocycles. The van der Waals surface area contributed by atoms with E-state index in [0.29, 0.717) is 10.6 Å². The van der Waals surface area contributed by atoms with Crippen LogP contribution in [0.5, 0.6) is 0 Å². The van der Waals surface area contributed by atoms with E-state index in [1.54, 1.807) is 24.3 Å². The molecule has 0 spiro atoms. The van der Waals surface area contributed by atoms with Crippen molar-refractivity contribution in [3.8, 4) is 0 Å². The van der Waals surface area contributed by atoms with Crippen LogP contribution in [0, 0.1) is 0 Å². The Morgan fingerprint density at radius 1 is 1.50 bits per heavy atom. The molecule has 16 heavy (non-hydrogen) atoms. The van der Waals surface area contributed by atoms with E-state index in [1.807, 2.05) is 0 Å². The summed E-state index contributed by atoms with van der Waals surface area (Å²) in [5.41, 5.74) is 0.655. The van der Waals surface area contributed by atoms with Gasteiger partial charge in [0.15, 0.2) is 0 Å². The number of benzene rings is 1. The Balaban J connectivity index is 2.62. The van der Waals surface area contributed by atoms with E-state index < -0.39 is 6.10 Å². The highest BCUT2D eigenvalue weighted by molar-refractivity contribution is 6.30. The lowest BCUT2D eigenvalue weighted by Crippen LogP contribution is -2.26. The number of aliphatic hydroxyl groups excluding tert-OH is 1. The number of nitrogens with zero attached hydrogens (tertiary/aromatic N) is 1. The Morgan fingerprint density at radius 3 is 2.56 bits per heavy atom. The van der Waals surface area contributed by atoms with Crippen molar-refractivity contribution in [2.75, 3.05) is 14.2 Å². The summed E-state index contributed by atoms with van der Waals surface area (Å²) in [6.45, 7) is 0. The van der Waals surface area contributed by atoms with Gasteiger partial charge in [0.1, 0.15) is 0 Å². The minimum atomic E-state index is -0.845. The fourth-order valence-electron chi connectivity index (χ4n) is 1.20. The average molecular weight is 244 g/mol. The molecule has 0 saturated heterocycles. The molecule has 1 N–H and O–H groups in total. The molecule has 1 atom stereocenters. The van der Waals surface area contributed by atoms with Crippen molar-refractivity contribution in [3.63, 3.8) is 0 Å². The van der Waals surface area contributed by atoms with Crippen LogP contribution in [0.1, 0.15) is 18.1 Å². The van der Waals surface area contributed by atoms with Gasteiger partial charge in [-0.1, -0.05) is 23.7 Å². The van der Waals surface area contributed by atoms with Gasteiger partial charge in [0.05, 0.1) is 19.6 Å². The van der Waals surface area contributed by atoms with E-state index in [-0.39, 0.29) is 12.3 Å². The molecule has 0 aromatic heterocycles. The van der Waals surface area contributed by atoms with Crippen molar-refractivity contribution in [1.29, 1.82) is 0 Å². The first-order chi connectivity index (χ1) is 7.54. The zero-order valence-electron chi connectivity index (χ0n) is 9.18. The molecular formula is C11H14ClNO3. The average Bonchev–Trinajstić information content (AvgIpc) is 2.28. The number of carbonyl (C=O) groups excluding carboxylic acids is 1. The molecule has 0 heterocycles. The van der Waals surface area contributed by atoms with E-state index in [9.17, 15) is 9.90 Å². The van der Waals surface area contributed by atoms with Gasteiger partial charge >= 0.3 is 0 Å². The van der Waals surface area contributed by atoms with Crippen LogP contribution in [0.3, 0.4) is 0 Å². The standard InChI is InChI=1S/C11H14ClNO3/c1-13(16-2)11(15)7-10(14)8-3-5-9(12)6-4-8/h3-6,10,14H,7H2,1-2H3/t10-/m0/s1. The highest BCUT2D eigenvalue weighted by Gasteiger charge is 2.16. The van der Waals surface area contributed by atoms with Crippen molar-refractivity contribution in [3.05, 3.63) is 34.9 Å². The number of halogens is 1. The quantitative estimate of drug-likeness (QED) is 0.821. The summed E-state index contributed by atoms with van der Waals surface area (Å²) in [7, 11) is 2.89. The van der Waals surface area contributed by atoms with Crippen molar-refractivity contribution >= 4 is 17.5 Å². The van der Waals surface area contributed by atoms with E-state index in [2.05, 4.69) is 0 Å². The van der Waals surface area contributed by atoms with Gasteiger partial charge in [0.25, 0.3) is 0 Å². The van der Waals surface area contributed by atoms with Crippen molar-refractivity contribution in [1.82, 2.24) is 5.06 Å². The van der Waals surface area contributed by atoms with Crippen LogP contribution in [-0.4, -0.2) is 30.2 Å². The number of hydrogen-bond donors (Lipinski definition) is 1. The number of hydrogen-bond acceptors (Lipinski definition) is 3. The number of aliphatic hydroxyl groups is 1. The molecule has 0 aliphatic carbocycles. The summed E-state index contributed by atoms with van der Waals surface area (Å²) in [4.78, 5) is 16.2. The second-order valence-electron chi connectivity index (χ2n) is 3.35. The summed E-state index contributed by atoms with van der Waals surface area (Å²) in [6, 6.07) is 6.72. The summed E-state index contributed by atoms with van der Waals surface area (Å²) in [5.74, 6) is -0.287. The molecule has 88 valence electrons. The fraction of sp³-hybridized carbons (Fsp3) is 0.364. The maximum absolute atomic E-state index is 11.4. The minimum Gasteiger partial charge on any atom is -0.388 e. The van der Waals surface area contributed by atoms with Gasteiger partial charge < -0.3 is 5.11 Å². The Kier molecular flexibility index (Phi) is 4.73. The van der Waals surface area contributed by atoms with E-state index in [0.717, 1.165) is 5.06 Å². The predicted molar refractivity (Wildman–Crippen MR) is 60.8 cm³/mol. The van der Waals surface area contributed by atoms with Crippen molar-refractivity contribution < 1.29 is 14.7 Å². The first-order valence-electron chi connectivity index (χ1n) is 4.78. The molecule has 4 nitrogen and oxygen atoms in total. The summed E-state index contributed by atoms with van der Waals surface area (Å²) in [6.07, 6.45) is -0.867. The van der Waals surface area contributed by atoms with Gasteiger partial charge in [-0.15, -0.1) is 0 Å². The number of rotatable bonds is 4. The molecule has 1 amide bonds. The van der Waals surface area contributed by atoms with Gasteiger partial charge in [-0.05, 0) is 17.7 Å². The third-order valence-electron chi connectivity index (χ3n) is 2.25. The number of hydroxylamine groups is 2. The molecule has 0 bridgehead atoms. The largest absolute Gasteiger partial charge is 0.388 e. The van der Waals surface area contributed by atoms with Gasteiger partial charge in [-0.3, -0.25) is 9.63 Å². The first-order valence-corrected chi connectivity index (χ1v) is 5.16. The van der Waals surface area contributed by atoms with Crippen LogP contribution in [0.2, 0.25) is 5.02 Å². The Bertz CT molecular complexity index is 353. The lowest BCUT2D eigenvalue weighted by atomic mass is 10.1. The molecule has 1 rings (SSSR count). The Morgan fingerprint density at radius 2 is 2.06 bits per heavy atom. The molecule has 1 aromatic rings. The maximum atomic E-state index is 11.4. The smallest absolute Gasteiger partial charge is 0.248 e. The summed E-state index contributed by atoms with van der Waals surface area (Å²) >= 11 is 5.72. The van der Waals surface area contributed by atoms with E-state index in [4.69, 9.17) is 16.4 Å². The van der Waals surface area contributed by atoms with Crippen LogP contribution < -0.4 is 0 Å². The third kappa shape index (κ3) is 3.48. The maximum Gasteiger partial charge on any atom is 0.248 e. The molecule has 0 aliphatic heterocycles. The molecule has 0 radical (unpaired) electrons. The fourth-order valence-corrected chi connectivity index (χ4v) is 1.32. The first kappa shape index (κ1) is 13.0. The zero-order chi connectivity index (χ0) is 12.1. The minimum absolute atomic E-state index is 0.0219. The van der Waals surface area contributed by atoms with E-state index >= 15 is 0 Å². The molecule has 0 fully saturated rings. The normalized spacial score (nSPS) is 12.2. The summed E-state index contributed by atoms with van der Waals surface area (Å²) < 4.78 is 0. The van der Waals surface area contributed by atoms with Gasteiger partial charge in [0, 0.05) is 12.1 Å². The second kappa shape index (κ2) is 5.84. The molecule has 5 heteroatoms. The highest BCUT2D eigenvalue weighted by Crippen LogP contribution is 2.19. The molecule has 1 aromatic carbocycles. The van der Waals surface area contributed by atoms with Crippen LogP contribution in [0.4, 0.5) is 0 Å². The lowest BCUT2D eigenvalue weighted by molar-refractivity contribution is -0.170. The lowest BCUT2D eigenvalue weighted by Gasteiger charge is -2.16. The Labute approximate surface area is 99.3 Å².